The van der Waals surface area contributed by atoms with Crippen LogP contribution in [0.3, 0.4) is 0 Å². The number of benzene rings is 2. The van der Waals surface area contributed by atoms with Gasteiger partial charge < -0.3 is 33.5 Å². The molecule has 0 amide bonds. The number of hydrogen-bond donors (Lipinski definition) is 1. The molecule has 0 radical (unpaired) electrons. The number of aliphatic hydroxyl groups is 1. The van der Waals surface area contributed by atoms with Crippen LogP contribution in [0, 0.1) is 5.92 Å². The molecule has 8 heteroatoms. The Hall–Kier alpha value is -3.13. The van der Waals surface area contributed by atoms with Gasteiger partial charge in [0.2, 0.25) is 18.3 Å². The van der Waals surface area contributed by atoms with Gasteiger partial charge in [-0.3, -0.25) is 4.79 Å². The summed E-state index contributed by atoms with van der Waals surface area (Å²) in [6.45, 7) is 3.02. The fourth-order valence-corrected chi connectivity index (χ4v) is 4.31. The molecule has 2 aliphatic rings. The monoisotopic (exact) mass is 416 g/mol. The minimum Gasteiger partial charge on any atom is -0.493 e. The number of carbonyl (C=O) groups is 1. The summed E-state index contributed by atoms with van der Waals surface area (Å²) in [5.41, 5.74) is 1.40. The predicted octanol–water partition coefficient (Wildman–Crippen LogP) is 2.88. The number of ketones is 1. The van der Waals surface area contributed by atoms with E-state index in [1.165, 1.54) is 35.2 Å². The van der Waals surface area contributed by atoms with Crippen molar-refractivity contribution in [1.82, 2.24) is 0 Å². The highest BCUT2D eigenvalue weighted by molar-refractivity contribution is 5.82. The number of methoxy groups -OCH3 is 3. The number of ether oxygens (including phenoxy) is 6. The maximum atomic E-state index is 12.7. The Kier molecular flexibility index (Phi) is 4.89. The van der Waals surface area contributed by atoms with E-state index in [1.54, 1.807) is 24.3 Å². The van der Waals surface area contributed by atoms with E-state index in [1.807, 2.05) is 0 Å². The molecule has 0 fully saturated rings. The van der Waals surface area contributed by atoms with Crippen LogP contribution >= 0.6 is 0 Å². The minimum atomic E-state index is -1.74. The molecule has 1 unspecified atom stereocenters. The minimum absolute atomic E-state index is 0.0968. The van der Waals surface area contributed by atoms with Gasteiger partial charge in [0.15, 0.2) is 23.0 Å². The molecule has 2 aromatic carbocycles. The quantitative estimate of drug-likeness (QED) is 0.796. The Morgan fingerprint density at radius 3 is 2.13 bits per heavy atom. The van der Waals surface area contributed by atoms with Crippen molar-refractivity contribution in [3.05, 3.63) is 35.4 Å². The SMILES string of the molecule is COc1cc([C@@H]2c3cc4c(cc3OC(C)(O)[C@@H]2C(C)=O)OCO4)cc(OC)c1OC. The first-order valence-corrected chi connectivity index (χ1v) is 9.46. The summed E-state index contributed by atoms with van der Waals surface area (Å²) < 4.78 is 33.2. The second-order valence-electron chi connectivity index (χ2n) is 7.42. The van der Waals surface area contributed by atoms with Gasteiger partial charge in [0.1, 0.15) is 11.5 Å². The molecule has 0 aromatic heterocycles. The van der Waals surface area contributed by atoms with Crippen LogP contribution in [-0.4, -0.2) is 44.8 Å². The van der Waals surface area contributed by atoms with Crippen LogP contribution in [-0.2, 0) is 4.79 Å². The third-order valence-corrected chi connectivity index (χ3v) is 5.55. The second kappa shape index (κ2) is 7.28. The highest BCUT2D eigenvalue weighted by Gasteiger charge is 2.50. The Bertz CT molecular complexity index is 972. The standard InChI is InChI=1S/C22H24O8/c1-11(23)20-19(12-6-17(25-3)21(27-5)18(7-12)26-4)13-8-15-16(29-10-28-15)9-14(13)30-22(20,2)24/h6-9,19-20,24H,10H2,1-5H3/t19-,20-,22?/m1/s1. The van der Waals surface area contributed by atoms with Gasteiger partial charge in [0.25, 0.3) is 0 Å². The molecule has 2 heterocycles. The molecular weight excluding hydrogens is 392 g/mol. The van der Waals surface area contributed by atoms with E-state index >= 15 is 0 Å². The smallest absolute Gasteiger partial charge is 0.231 e. The lowest BCUT2D eigenvalue weighted by Crippen LogP contribution is -2.50. The summed E-state index contributed by atoms with van der Waals surface area (Å²) in [5, 5.41) is 11.1. The van der Waals surface area contributed by atoms with Gasteiger partial charge in [0.05, 0.1) is 27.2 Å². The number of carbonyl (C=O) groups excluding carboxylic acids is 1. The third-order valence-electron chi connectivity index (χ3n) is 5.55. The van der Waals surface area contributed by atoms with Crippen LogP contribution in [0.25, 0.3) is 0 Å². The third kappa shape index (κ3) is 3.08. The first kappa shape index (κ1) is 20.2. The van der Waals surface area contributed by atoms with Gasteiger partial charge in [-0.1, -0.05) is 0 Å². The van der Waals surface area contributed by atoms with Crippen LogP contribution in [0.15, 0.2) is 24.3 Å². The Balaban J connectivity index is 1.98. The maximum absolute atomic E-state index is 12.7. The Morgan fingerprint density at radius 1 is 1.00 bits per heavy atom. The molecule has 4 rings (SSSR count). The molecular formula is C22H24O8. The van der Waals surface area contributed by atoms with E-state index < -0.39 is 17.6 Å². The summed E-state index contributed by atoms with van der Waals surface area (Å²) in [6, 6.07) is 7.01. The fraction of sp³-hybridized carbons (Fsp3) is 0.409. The molecule has 0 spiro atoms. The average molecular weight is 416 g/mol. The number of rotatable bonds is 5. The lowest BCUT2D eigenvalue weighted by Gasteiger charge is -2.42. The lowest BCUT2D eigenvalue weighted by atomic mass is 9.72. The summed E-state index contributed by atoms with van der Waals surface area (Å²) in [7, 11) is 4.57. The molecule has 0 saturated carbocycles. The van der Waals surface area contributed by atoms with E-state index in [2.05, 4.69) is 0 Å². The van der Waals surface area contributed by atoms with Crippen LogP contribution in [0.5, 0.6) is 34.5 Å². The first-order chi connectivity index (χ1) is 14.3. The van der Waals surface area contributed by atoms with Gasteiger partial charge in [-0.2, -0.15) is 0 Å². The number of hydrogen-bond acceptors (Lipinski definition) is 8. The Morgan fingerprint density at radius 2 is 1.60 bits per heavy atom. The highest BCUT2D eigenvalue weighted by atomic mass is 16.7. The van der Waals surface area contributed by atoms with Crippen molar-refractivity contribution in [2.75, 3.05) is 28.1 Å². The number of fused-ring (bicyclic) bond motifs is 2. The van der Waals surface area contributed by atoms with Crippen LogP contribution in [0.2, 0.25) is 0 Å². The van der Waals surface area contributed by atoms with Crippen molar-refractivity contribution < 1.29 is 38.3 Å². The molecule has 0 bridgehead atoms. The van der Waals surface area contributed by atoms with Crippen LogP contribution in [0.1, 0.15) is 30.9 Å². The molecule has 2 aromatic rings. The van der Waals surface area contributed by atoms with Gasteiger partial charge in [-0.05, 0) is 30.7 Å². The molecule has 160 valence electrons. The predicted molar refractivity (Wildman–Crippen MR) is 106 cm³/mol. The van der Waals surface area contributed by atoms with Gasteiger partial charge in [-0.15, -0.1) is 0 Å². The zero-order valence-electron chi connectivity index (χ0n) is 17.5. The zero-order valence-corrected chi connectivity index (χ0v) is 17.5. The molecule has 3 atom stereocenters. The summed E-state index contributed by atoms with van der Waals surface area (Å²) >= 11 is 0. The summed E-state index contributed by atoms with van der Waals surface area (Å²) in [5.74, 6) is -0.566. The fourth-order valence-electron chi connectivity index (χ4n) is 4.31. The molecule has 30 heavy (non-hydrogen) atoms. The first-order valence-electron chi connectivity index (χ1n) is 9.46. The zero-order chi connectivity index (χ0) is 21.6. The van der Waals surface area contributed by atoms with Crippen molar-refractivity contribution in [3.63, 3.8) is 0 Å². The molecule has 1 N–H and O–H groups in total. The van der Waals surface area contributed by atoms with Gasteiger partial charge in [-0.25, -0.2) is 0 Å². The van der Waals surface area contributed by atoms with Crippen molar-refractivity contribution in [1.29, 1.82) is 0 Å². The van der Waals surface area contributed by atoms with Gasteiger partial charge >= 0.3 is 0 Å². The van der Waals surface area contributed by atoms with Crippen molar-refractivity contribution >= 4 is 5.78 Å². The molecule has 8 nitrogen and oxygen atoms in total. The van der Waals surface area contributed by atoms with E-state index in [9.17, 15) is 9.90 Å². The molecule has 0 saturated heterocycles. The maximum Gasteiger partial charge on any atom is 0.231 e. The lowest BCUT2D eigenvalue weighted by molar-refractivity contribution is -0.181. The summed E-state index contributed by atoms with van der Waals surface area (Å²) in [4.78, 5) is 12.7. The average Bonchev–Trinajstić information content (AvgIpc) is 3.16. The largest absolute Gasteiger partial charge is 0.493 e. The Labute approximate surface area is 174 Å². The number of Topliss-reactive ketones (excluding diaryl/α,β-unsaturated/α-hetero) is 1. The van der Waals surface area contributed by atoms with E-state index in [-0.39, 0.29) is 12.6 Å². The van der Waals surface area contributed by atoms with E-state index in [4.69, 9.17) is 28.4 Å². The normalized spacial score (nSPS) is 23.9. The van der Waals surface area contributed by atoms with Crippen LogP contribution < -0.4 is 28.4 Å². The van der Waals surface area contributed by atoms with Crippen molar-refractivity contribution in [2.45, 2.75) is 25.6 Å². The molecule has 2 aliphatic heterocycles. The topological polar surface area (TPSA) is 92.7 Å². The van der Waals surface area contributed by atoms with Crippen LogP contribution in [0.4, 0.5) is 0 Å². The van der Waals surface area contributed by atoms with E-state index in [0.717, 1.165) is 0 Å². The molecule has 0 aliphatic carbocycles. The second-order valence-corrected chi connectivity index (χ2v) is 7.42. The van der Waals surface area contributed by atoms with E-state index in [0.29, 0.717) is 45.6 Å². The van der Waals surface area contributed by atoms with Gasteiger partial charge in [0, 0.05) is 24.5 Å². The highest BCUT2D eigenvalue weighted by Crippen LogP contribution is 2.53. The van der Waals surface area contributed by atoms with Crippen molar-refractivity contribution in [2.24, 2.45) is 5.92 Å². The summed E-state index contributed by atoms with van der Waals surface area (Å²) in [6.07, 6.45) is 0. The van der Waals surface area contributed by atoms with Crippen molar-refractivity contribution in [3.8, 4) is 34.5 Å².